The summed E-state index contributed by atoms with van der Waals surface area (Å²) in [7, 11) is 0. The summed E-state index contributed by atoms with van der Waals surface area (Å²) in [6.45, 7) is 3.82. The monoisotopic (exact) mass is 334 g/mol. The molecule has 0 heterocycles. The van der Waals surface area contributed by atoms with Gasteiger partial charge in [0.05, 0.1) is 6.10 Å². The molecule has 4 N–H and O–H groups in total. The average molecular weight is 334 g/mol. The number of amides is 2. The minimum absolute atomic E-state index is 0.0362. The third kappa shape index (κ3) is 7.44. The fourth-order valence-corrected chi connectivity index (χ4v) is 1.90. The molecule has 1 aromatic carbocycles. The summed E-state index contributed by atoms with van der Waals surface area (Å²) in [6, 6.07) is 6.00. The largest absolute Gasteiger partial charge is 0.491 e. The zero-order valence-corrected chi connectivity index (χ0v) is 13.7. The number of primary amides is 1. The van der Waals surface area contributed by atoms with Crippen LogP contribution in [0, 0.1) is 0 Å². The van der Waals surface area contributed by atoms with Gasteiger partial charge >= 0.3 is 5.97 Å². The van der Waals surface area contributed by atoms with Gasteiger partial charge in [-0.3, -0.25) is 9.59 Å². The molecule has 0 radical (unpaired) electrons. The Labute approximate surface area is 140 Å². The van der Waals surface area contributed by atoms with Crippen LogP contribution in [0.4, 0.5) is 0 Å². The number of hydrogen-bond donors (Lipinski definition) is 3. The quantitative estimate of drug-likeness (QED) is 0.589. The van der Waals surface area contributed by atoms with Crippen LogP contribution in [0.2, 0.25) is 0 Å². The van der Waals surface area contributed by atoms with Gasteiger partial charge in [0.1, 0.15) is 11.8 Å². The van der Waals surface area contributed by atoms with Crippen LogP contribution in [0.1, 0.15) is 32.3 Å². The molecular weight excluding hydrogens is 312 g/mol. The lowest BCUT2D eigenvalue weighted by atomic mass is 10.1. The molecular formula is C17H22N2O5. The van der Waals surface area contributed by atoms with E-state index in [1.165, 1.54) is 6.08 Å². The summed E-state index contributed by atoms with van der Waals surface area (Å²) in [5.74, 6) is -1.72. The van der Waals surface area contributed by atoms with Gasteiger partial charge in [-0.15, -0.1) is 0 Å². The Morgan fingerprint density at radius 2 is 2.04 bits per heavy atom. The maximum Gasteiger partial charge on any atom is 0.326 e. The second-order valence-corrected chi connectivity index (χ2v) is 5.48. The highest BCUT2D eigenvalue weighted by atomic mass is 16.5. The molecule has 0 aliphatic rings. The van der Waals surface area contributed by atoms with Crippen LogP contribution in [0.15, 0.2) is 30.3 Å². The molecule has 1 atom stereocenters. The van der Waals surface area contributed by atoms with Crippen LogP contribution >= 0.6 is 0 Å². The first-order valence-corrected chi connectivity index (χ1v) is 7.54. The van der Waals surface area contributed by atoms with Crippen molar-refractivity contribution in [3.63, 3.8) is 0 Å². The predicted octanol–water partition coefficient (Wildman–Crippen LogP) is 1.32. The van der Waals surface area contributed by atoms with E-state index in [2.05, 4.69) is 5.32 Å². The van der Waals surface area contributed by atoms with Crippen LogP contribution < -0.4 is 15.8 Å². The standard InChI is InChI=1S/C17H22N2O5/c1-11(2)24-13-5-3-4-12(10-13)6-9-16(21)19-14(17(22)23)7-8-15(18)20/h3-6,9-11,14H,7-8H2,1-2H3,(H2,18,20)(H,19,21)(H,22,23)/b9-6+. The number of nitrogens with one attached hydrogen (secondary N) is 1. The van der Waals surface area contributed by atoms with Gasteiger partial charge in [-0.05, 0) is 44.0 Å². The minimum atomic E-state index is -1.22. The molecule has 2 amide bonds. The predicted molar refractivity (Wildman–Crippen MR) is 89.2 cm³/mol. The molecule has 130 valence electrons. The summed E-state index contributed by atoms with van der Waals surface area (Å²) in [5, 5.41) is 11.4. The molecule has 0 spiro atoms. The smallest absolute Gasteiger partial charge is 0.326 e. The van der Waals surface area contributed by atoms with Crippen molar-refractivity contribution in [2.45, 2.75) is 38.8 Å². The Hall–Kier alpha value is -2.83. The maximum absolute atomic E-state index is 11.8. The molecule has 24 heavy (non-hydrogen) atoms. The second-order valence-electron chi connectivity index (χ2n) is 5.48. The van der Waals surface area contributed by atoms with E-state index in [0.717, 1.165) is 5.56 Å². The van der Waals surface area contributed by atoms with Gasteiger partial charge < -0.3 is 20.9 Å². The van der Waals surface area contributed by atoms with Crippen molar-refractivity contribution >= 4 is 23.9 Å². The number of nitrogens with two attached hydrogens (primary N) is 1. The Kier molecular flexibility index (Phi) is 7.48. The molecule has 0 aliphatic carbocycles. The van der Waals surface area contributed by atoms with Gasteiger partial charge in [-0.1, -0.05) is 12.1 Å². The van der Waals surface area contributed by atoms with Gasteiger partial charge in [0.2, 0.25) is 11.8 Å². The second kappa shape index (κ2) is 9.34. The van der Waals surface area contributed by atoms with Gasteiger partial charge in [-0.2, -0.15) is 0 Å². The van der Waals surface area contributed by atoms with Crippen molar-refractivity contribution in [2.75, 3.05) is 0 Å². The topological polar surface area (TPSA) is 119 Å². The fraction of sp³-hybridized carbons (Fsp3) is 0.353. The zero-order valence-electron chi connectivity index (χ0n) is 13.7. The lowest BCUT2D eigenvalue weighted by molar-refractivity contribution is -0.141. The van der Waals surface area contributed by atoms with E-state index in [0.29, 0.717) is 5.75 Å². The zero-order chi connectivity index (χ0) is 18.1. The first-order valence-electron chi connectivity index (χ1n) is 7.54. The number of carboxylic acids is 1. The third-order valence-corrected chi connectivity index (χ3v) is 2.95. The number of aliphatic carboxylic acids is 1. The Morgan fingerprint density at radius 1 is 1.33 bits per heavy atom. The first kappa shape index (κ1) is 19.2. The summed E-state index contributed by atoms with van der Waals surface area (Å²) in [6.07, 6.45) is 2.65. The number of carbonyl (C=O) groups excluding carboxylic acids is 2. The van der Waals surface area contributed by atoms with E-state index >= 15 is 0 Å². The highest BCUT2D eigenvalue weighted by Gasteiger charge is 2.19. The van der Waals surface area contributed by atoms with E-state index in [4.69, 9.17) is 15.6 Å². The maximum atomic E-state index is 11.8. The van der Waals surface area contributed by atoms with Crippen molar-refractivity contribution in [1.82, 2.24) is 5.32 Å². The fourth-order valence-electron chi connectivity index (χ4n) is 1.90. The Balaban J connectivity index is 2.66. The highest BCUT2D eigenvalue weighted by molar-refractivity contribution is 5.94. The van der Waals surface area contributed by atoms with Crippen LogP contribution in [0.5, 0.6) is 5.75 Å². The number of benzene rings is 1. The minimum Gasteiger partial charge on any atom is -0.491 e. The van der Waals surface area contributed by atoms with Crippen LogP contribution in [-0.4, -0.2) is 35.0 Å². The lowest BCUT2D eigenvalue weighted by Gasteiger charge is -2.12. The van der Waals surface area contributed by atoms with Crippen LogP contribution in [0.25, 0.3) is 6.08 Å². The number of ether oxygens (including phenoxy) is 1. The number of rotatable bonds is 9. The van der Waals surface area contributed by atoms with Crippen molar-refractivity contribution in [2.24, 2.45) is 5.73 Å². The molecule has 0 aromatic heterocycles. The number of carboxylic acid groups (broad SMARTS) is 1. The molecule has 0 fully saturated rings. The third-order valence-electron chi connectivity index (χ3n) is 2.95. The molecule has 0 saturated carbocycles. The number of hydrogen-bond acceptors (Lipinski definition) is 4. The Bertz CT molecular complexity index is 625. The summed E-state index contributed by atoms with van der Waals surface area (Å²) >= 11 is 0. The number of carbonyl (C=O) groups is 3. The molecule has 0 aliphatic heterocycles. The molecule has 0 bridgehead atoms. The lowest BCUT2D eigenvalue weighted by Crippen LogP contribution is -2.40. The summed E-state index contributed by atoms with van der Waals surface area (Å²) in [5.41, 5.74) is 5.73. The van der Waals surface area contributed by atoms with E-state index in [9.17, 15) is 14.4 Å². The molecule has 7 nitrogen and oxygen atoms in total. The molecule has 1 unspecified atom stereocenters. The van der Waals surface area contributed by atoms with Crippen molar-refractivity contribution in [3.8, 4) is 5.75 Å². The van der Waals surface area contributed by atoms with E-state index in [1.54, 1.807) is 24.3 Å². The normalized spacial score (nSPS) is 12.1. The van der Waals surface area contributed by atoms with Crippen LogP contribution in [0.3, 0.4) is 0 Å². The van der Waals surface area contributed by atoms with Crippen molar-refractivity contribution in [3.05, 3.63) is 35.9 Å². The SMILES string of the molecule is CC(C)Oc1cccc(/C=C/C(=O)NC(CCC(N)=O)C(=O)O)c1. The van der Waals surface area contributed by atoms with Gasteiger partial charge in [0.15, 0.2) is 0 Å². The molecule has 1 aromatic rings. The first-order chi connectivity index (χ1) is 11.3. The molecule has 0 saturated heterocycles. The van der Waals surface area contributed by atoms with Crippen molar-refractivity contribution in [1.29, 1.82) is 0 Å². The van der Waals surface area contributed by atoms with Gasteiger partial charge in [0.25, 0.3) is 0 Å². The Morgan fingerprint density at radius 3 is 2.62 bits per heavy atom. The molecule has 7 heteroatoms. The highest BCUT2D eigenvalue weighted by Crippen LogP contribution is 2.15. The van der Waals surface area contributed by atoms with Crippen LogP contribution in [-0.2, 0) is 14.4 Å². The van der Waals surface area contributed by atoms with Gasteiger partial charge in [0, 0.05) is 12.5 Å². The summed E-state index contributed by atoms with van der Waals surface area (Å²) < 4.78 is 5.56. The average Bonchev–Trinajstić information content (AvgIpc) is 2.48. The van der Waals surface area contributed by atoms with E-state index in [1.807, 2.05) is 19.9 Å². The summed E-state index contributed by atoms with van der Waals surface area (Å²) in [4.78, 5) is 33.6. The van der Waals surface area contributed by atoms with Gasteiger partial charge in [-0.25, -0.2) is 4.79 Å². The van der Waals surface area contributed by atoms with Crippen molar-refractivity contribution < 1.29 is 24.2 Å². The van der Waals surface area contributed by atoms with E-state index in [-0.39, 0.29) is 18.9 Å². The van der Waals surface area contributed by atoms with E-state index < -0.39 is 23.8 Å². The molecule has 1 rings (SSSR count).